The maximum Gasteiger partial charge on any atom is 0.410 e. The highest BCUT2D eigenvalue weighted by atomic mass is 28.4. The Labute approximate surface area is 332 Å². The van der Waals surface area contributed by atoms with Crippen LogP contribution in [0.25, 0.3) is 10.8 Å². The number of hydrogen-bond donors (Lipinski definition) is 2. The lowest BCUT2D eigenvalue weighted by atomic mass is 9.62. The molecule has 0 atom stereocenters. The second-order valence-electron chi connectivity index (χ2n) is 17.5. The van der Waals surface area contributed by atoms with Gasteiger partial charge in [-0.1, -0.05) is 93.6 Å². The number of benzene rings is 4. The Morgan fingerprint density at radius 2 is 1.48 bits per heavy atom. The molecule has 5 aromatic rings. The molecule has 2 bridgehead atoms. The van der Waals surface area contributed by atoms with Crippen LogP contribution in [-0.4, -0.2) is 69.4 Å². The van der Waals surface area contributed by atoms with Gasteiger partial charge in [0.05, 0.1) is 19.8 Å². The molecule has 1 aromatic heterocycles. The summed E-state index contributed by atoms with van der Waals surface area (Å²) in [6.45, 7) is 15.0. The van der Waals surface area contributed by atoms with Crippen LogP contribution in [0.1, 0.15) is 59.9 Å². The van der Waals surface area contributed by atoms with Crippen molar-refractivity contribution in [3.05, 3.63) is 115 Å². The van der Waals surface area contributed by atoms with Crippen molar-refractivity contribution in [3.63, 3.8) is 0 Å². The lowest BCUT2D eigenvalue weighted by molar-refractivity contribution is 0.000356. The van der Waals surface area contributed by atoms with Gasteiger partial charge < -0.3 is 34.2 Å². The van der Waals surface area contributed by atoms with E-state index in [-0.39, 0.29) is 16.5 Å². The summed E-state index contributed by atoms with van der Waals surface area (Å²) in [5.41, 5.74) is 0.767. The number of amides is 1. The fourth-order valence-corrected chi connectivity index (χ4v) is 13.7. The van der Waals surface area contributed by atoms with Crippen molar-refractivity contribution in [2.24, 2.45) is 5.41 Å². The van der Waals surface area contributed by atoms with Crippen molar-refractivity contribution in [2.45, 2.75) is 77.1 Å². The zero-order valence-electron chi connectivity index (χ0n) is 34.1. The molecule has 0 unspecified atom stereocenters. The Bertz CT molecular complexity index is 2120. The third kappa shape index (κ3) is 7.44. The Balaban J connectivity index is 1.14. The Morgan fingerprint density at radius 3 is 2.09 bits per heavy atom. The monoisotopic (exact) mass is 772 g/mol. The van der Waals surface area contributed by atoms with Crippen molar-refractivity contribution in [1.29, 1.82) is 0 Å². The summed E-state index contributed by atoms with van der Waals surface area (Å²) in [5.74, 6) is 2.27. The summed E-state index contributed by atoms with van der Waals surface area (Å²) in [4.78, 5) is 20.7. The molecular weight excluding hydrogens is 717 g/mol. The van der Waals surface area contributed by atoms with Crippen molar-refractivity contribution in [2.75, 3.05) is 44.5 Å². The highest BCUT2D eigenvalue weighted by molar-refractivity contribution is 6.99. The average molecular weight is 773 g/mol. The van der Waals surface area contributed by atoms with Crippen LogP contribution in [0.4, 0.5) is 16.3 Å². The molecule has 3 fully saturated rings. The molecule has 1 amide bonds. The Kier molecular flexibility index (Phi) is 10.6. The first-order valence-corrected chi connectivity index (χ1v) is 21.4. The number of carbonyl (C=O) groups is 1. The van der Waals surface area contributed by atoms with Crippen LogP contribution in [-0.2, 0) is 15.7 Å². The van der Waals surface area contributed by atoms with E-state index in [2.05, 4.69) is 104 Å². The summed E-state index contributed by atoms with van der Waals surface area (Å²) in [6, 6.07) is 35.6. The highest BCUT2D eigenvalue weighted by Gasteiger charge is 2.68. The molecule has 3 aliphatic rings. The molecule has 4 aromatic carbocycles. The molecule has 3 heterocycles. The van der Waals surface area contributed by atoms with Crippen LogP contribution >= 0.6 is 0 Å². The van der Waals surface area contributed by atoms with Crippen LogP contribution in [0.5, 0.6) is 11.5 Å². The van der Waals surface area contributed by atoms with Gasteiger partial charge in [0.1, 0.15) is 22.9 Å². The van der Waals surface area contributed by atoms with Crippen LogP contribution in [0, 0.1) is 5.41 Å². The number of pyridine rings is 1. The van der Waals surface area contributed by atoms with Crippen LogP contribution in [0.15, 0.2) is 109 Å². The summed E-state index contributed by atoms with van der Waals surface area (Å²) in [5, 5.41) is 11.7. The van der Waals surface area contributed by atoms with Gasteiger partial charge in [-0.25, -0.2) is 9.78 Å². The Hall–Kier alpha value is -5.06. The van der Waals surface area contributed by atoms with Crippen LogP contribution in [0.2, 0.25) is 5.04 Å². The number of nitrogens with zero attached hydrogens (tertiary/aromatic N) is 2. The number of rotatable bonds is 13. The largest absolute Gasteiger partial charge is 0.497 e. The van der Waals surface area contributed by atoms with E-state index >= 15 is 0 Å². The van der Waals surface area contributed by atoms with Crippen molar-refractivity contribution in [1.82, 2.24) is 9.88 Å². The predicted molar refractivity (Wildman–Crippen MR) is 228 cm³/mol. The molecule has 1 saturated carbocycles. The van der Waals surface area contributed by atoms with E-state index in [1.807, 2.05) is 62.2 Å². The number of ether oxygens (including phenoxy) is 3. The maximum atomic E-state index is 14.0. The van der Waals surface area contributed by atoms with Gasteiger partial charge in [-0.15, -0.1) is 0 Å². The summed E-state index contributed by atoms with van der Waals surface area (Å²) in [6.07, 6.45) is 3.21. The first kappa shape index (κ1) is 39.2. The van der Waals surface area contributed by atoms with Crippen molar-refractivity contribution < 1.29 is 23.4 Å². The number of anilines is 2. The van der Waals surface area contributed by atoms with E-state index in [9.17, 15) is 4.79 Å². The highest BCUT2D eigenvalue weighted by Crippen LogP contribution is 2.60. The van der Waals surface area contributed by atoms with Crippen molar-refractivity contribution in [3.8, 4) is 11.5 Å². The van der Waals surface area contributed by atoms with Gasteiger partial charge in [-0.3, -0.25) is 0 Å². The summed E-state index contributed by atoms with van der Waals surface area (Å²) in [7, 11) is 0.537. The lowest BCUT2D eigenvalue weighted by Crippen LogP contribution is -2.68. The molecule has 2 saturated heterocycles. The average Bonchev–Trinajstić information content (AvgIpc) is 3.67. The molecule has 294 valence electrons. The molecule has 9 nitrogen and oxygen atoms in total. The smallest absolute Gasteiger partial charge is 0.410 e. The lowest BCUT2D eigenvalue weighted by Gasteiger charge is -2.50. The minimum atomic E-state index is -2.77. The fraction of sp³-hybridized carbons (Fsp3) is 0.391. The summed E-state index contributed by atoms with van der Waals surface area (Å²) < 4.78 is 24.6. The number of methoxy groups -OCH3 is 2. The number of nitrogens with one attached hydrogen (secondary N) is 2. The molecule has 2 aliphatic heterocycles. The number of hydrogen-bond acceptors (Lipinski definition) is 8. The van der Waals surface area contributed by atoms with E-state index in [1.165, 1.54) is 10.4 Å². The first-order valence-electron chi connectivity index (χ1n) is 19.5. The zero-order valence-corrected chi connectivity index (χ0v) is 35.1. The van der Waals surface area contributed by atoms with Gasteiger partial charge >= 0.3 is 6.09 Å². The first-order chi connectivity index (χ1) is 26.7. The van der Waals surface area contributed by atoms with E-state index in [0.29, 0.717) is 26.2 Å². The number of carbonyl (C=O) groups excluding carboxylic acids is 1. The third-order valence-electron chi connectivity index (χ3n) is 11.5. The standard InChI is InChI=1S/C46H56N4O5Si/c1-43(2,3)55-42(51)50-31-45(32-54-56(44(4,5)6,35-16-11-9-12-17-35)36-18-13-10-14-19-36)28-46(50,29-45)30-49-39-21-15-20-38-37(39)24-25-47-41(38)48-27-33-22-23-34(52-7)26-40(33)53-8/h9-26,49H,27-32H2,1-8H3,(H,47,48). The van der Waals surface area contributed by atoms with E-state index in [4.69, 9.17) is 23.6 Å². The predicted octanol–water partition coefficient (Wildman–Crippen LogP) is 8.62. The molecule has 0 spiro atoms. The van der Waals surface area contributed by atoms with E-state index in [0.717, 1.165) is 52.2 Å². The summed E-state index contributed by atoms with van der Waals surface area (Å²) >= 11 is 0. The van der Waals surface area contributed by atoms with E-state index < -0.39 is 19.5 Å². The molecule has 10 heteroatoms. The van der Waals surface area contributed by atoms with Crippen LogP contribution in [0.3, 0.4) is 0 Å². The van der Waals surface area contributed by atoms with Gasteiger partial charge in [0.15, 0.2) is 0 Å². The molecule has 8 rings (SSSR count). The van der Waals surface area contributed by atoms with Gasteiger partial charge in [-0.05, 0) is 73.3 Å². The number of fused-ring (bicyclic) bond motifs is 2. The maximum absolute atomic E-state index is 14.0. The topological polar surface area (TPSA) is 94.2 Å². The second-order valence-corrected chi connectivity index (χ2v) is 21.8. The van der Waals surface area contributed by atoms with Gasteiger partial charge in [-0.2, -0.15) is 0 Å². The minimum Gasteiger partial charge on any atom is -0.497 e. The van der Waals surface area contributed by atoms with Gasteiger partial charge in [0.2, 0.25) is 0 Å². The molecular formula is C46H56N4O5Si. The quantitative estimate of drug-likeness (QED) is 0.115. The molecule has 2 N–H and O–H groups in total. The van der Waals surface area contributed by atoms with Gasteiger partial charge in [0, 0.05) is 65.9 Å². The molecule has 56 heavy (non-hydrogen) atoms. The van der Waals surface area contributed by atoms with E-state index in [1.54, 1.807) is 14.2 Å². The van der Waals surface area contributed by atoms with Crippen molar-refractivity contribution >= 4 is 47.1 Å². The second kappa shape index (κ2) is 15.1. The fourth-order valence-electron chi connectivity index (χ4n) is 9.06. The van der Waals surface area contributed by atoms with Gasteiger partial charge in [0.25, 0.3) is 8.32 Å². The number of aromatic nitrogens is 1. The normalized spacial score (nSPS) is 19.3. The minimum absolute atomic E-state index is 0.143. The molecule has 0 radical (unpaired) electrons. The Morgan fingerprint density at radius 1 is 0.804 bits per heavy atom. The van der Waals surface area contributed by atoms with Crippen LogP contribution < -0.4 is 30.5 Å². The zero-order chi connectivity index (χ0) is 39.8. The molecule has 1 aliphatic carbocycles. The third-order valence-corrected chi connectivity index (χ3v) is 16.4. The SMILES string of the molecule is COc1ccc(CNc2nccc3c(NCC45CC(CO[Si](c6ccccc6)(c6ccccc6)C(C)(C)C)(CN4C(=O)OC(C)(C)C)C5)cccc23)c(OC)c1.